The van der Waals surface area contributed by atoms with Crippen LogP contribution in [0.1, 0.15) is 25.7 Å². The third-order valence-corrected chi connectivity index (χ3v) is 7.32. The van der Waals surface area contributed by atoms with Crippen LogP contribution in [0.5, 0.6) is 0 Å². The maximum atomic E-state index is 13.2. The van der Waals surface area contributed by atoms with Gasteiger partial charge in [0.15, 0.2) is 0 Å². The summed E-state index contributed by atoms with van der Waals surface area (Å²) in [5.74, 6) is 1.32. The van der Waals surface area contributed by atoms with Crippen LogP contribution < -0.4 is 14.7 Å². The van der Waals surface area contributed by atoms with Crippen LogP contribution in [0.4, 0.5) is 16.1 Å². The molecule has 0 spiro atoms. The van der Waals surface area contributed by atoms with Crippen LogP contribution in [0.3, 0.4) is 0 Å². The highest BCUT2D eigenvalue weighted by atomic mass is 32.1. The fourth-order valence-corrected chi connectivity index (χ4v) is 5.53. The molecule has 31 heavy (non-hydrogen) atoms. The maximum absolute atomic E-state index is 13.2. The summed E-state index contributed by atoms with van der Waals surface area (Å²) in [5, 5.41) is 10.1. The van der Waals surface area contributed by atoms with Crippen molar-refractivity contribution in [1.29, 1.82) is 0 Å². The minimum absolute atomic E-state index is 0.0177. The van der Waals surface area contributed by atoms with E-state index in [-0.39, 0.29) is 17.7 Å². The van der Waals surface area contributed by atoms with Gasteiger partial charge in [-0.3, -0.25) is 14.5 Å². The van der Waals surface area contributed by atoms with Crippen LogP contribution in [0.25, 0.3) is 0 Å². The van der Waals surface area contributed by atoms with Crippen molar-refractivity contribution in [2.75, 3.05) is 60.5 Å². The number of carbonyl (C=O) groups excluding carboxylic acids is 2. The molecule has 0 saturated carbocycles. The molecule has 2 amide bonds. The highest BCUT2D eigenvalue weighted by Gasteiger charge is 2.33. The fraction of sp³-hybridized carbons (Fsp3) is 0.571. The largest absolute Gasteiger partial charge is 0.353 e. The summed E-state index contributed by atoms with van der Waals surface area (Å²) in [6.07, 6.45) is 5.14. The second-order valence-electron chi connectivity index (χ2n) is 8.30. The molecular formula is C21H27N7O2S. The van der Waals surface area contributed by atoms with Crippen LogP contribution in [0.15, 0.2) is 24.4 Å². The van der Waals surface area contributed by atoms with Gasteiger partial charge < -0.3 is 14.7 Å². The average Bonchev–Trinajstić information content (AvgIpc) is 3.48. The lowest BCUT2D eigenvalue weighted by atomic mass is 9.96. The summed E-state index contributed by atoms with van der Waals surface area (Å²) < 4.78 is 0. The van der Waals surface area contributed by atoms with E-state index < -0.39 is 0 Å². The van der Waals surface area contributed by atoms with Crippen LogP contribution in [-0.4, -0.2) is 77.7 Å². The van der Waals surface area contributed by atoms with Crippen molar-refractivity contribution >= 4 is 39.2 Å². The summed E-state index contributed by atoms with van der Waals surface area (Å²) in [6, 6.07) is 5.93. The molecule has 3 aliphatic heterocycles. The molecule has 0 aliphatic carbocycles. The molecule has 5 rings (SSSR count). The molecule has 5 heterocycles. The van der Waals surface area contributed by atoms with Gasteiger partial charge in [0.1, 0.15) is 5.82 Å². The summed E-state index contributed by atoms with van der Waals surface area (Å²) in [5.41, 5.74) is 0. The molecule has 3 aliphatic rings. The van der Waals surface area contributed by atoms with Gasteiger partial charge in [-0.25, -0.2) is 4.98 Å². The molecule has 0 bridgehead atoms. The molecule has 2 aromatic rings. The van der Waals surface area contributed by atoms with Gasteiger partial charge in [0.25, 0.3) is 0 Å². The molecule has 0 N–H and O–H groups in total. The standard InChI is InChI=1S/C21H27N7O2S/c29-18-7-4-10-28(18)21-24-23-20(31-21)27-9-3-5-16(15-27)19(30)26-13-11-25(12-14-26)17-6-1-2-8-22-17/h1-2,6,8,16H,3-5,7,9-15H2/t16-/m1/s1. The first-order chi connectivity index (χ1) is 15.2. The quantitative estimate of drug-likeness (QED) is 0.713. The highest BCUT2D eigenvalue weighted by molar-refractivity contribution is 7.19. The number of pyridine rings is 1. The maximum Gasteiger partial charge on any atom is 0.228 e. The molecule has 164 valence electrons. The van der Waals surface area contributed by atoms with E-state index in [1.54, 1.807) is 4.90 Å². The van der Waals surface area contributed by atoms with E-state index >= 15 is 0 Å². The van der Waals surface area contributed by atoms with E-state index in [2.05, 4.69) is 25.0 Å². The lowest BCUT2D eigenvalue weighted by Crippen LogP contribution is -2.52. The number of piperidine rings is 1. The Morgan fingerprint density at radius 3 is 2.55 bits per heavy atom. The molecule has 0 unspecified atom stereocenters. The summed E-state index contributed by atoms with van der Waals surface area (Å²) in [6.45, 7) is 5.34. The Kier molecular flexibility index (Phi) is 5.71. The van der Waals surface area contributed by atoms with E-state index in [0.717, 1.165) is 69.5 Å². The Labute approximate surface area is 185 Å². The third kappa shape index (κ3) is 4.21. The summed E-state index contributed by atoms with van der Waals surface area (Å²) in [7, 11) is 0. The van der Waals surface area contributed by atoms with E-state index in [9.17, 15) is 9.59 Å². The molecule has 10 heteroatoms. The zero-order chi connectivity index (χ0) is 21.2. The second kappa shape index (κ2) is 8.78. The van der Waals surface area contributed by atoms with Crippen LogP contribution in [-0.2, 0) is 9.59 Å². The number of aromatic nitrogens is 3. The monoisotopic (exact) mass is 441 g/mol. The fourth-order valence-electron chi connectivity index (χ4n) is 4.60. The van der Waals surface area contributed by atoms with Crippen molar-refractivity contribution in [2.24, 2.45) is 5.92 Å². The molecule has 9 nitrogen and oxygen atoms in total. The van der Waals surface area contributed by atoms with Gasteiger partial charge in [0.05, 0.1) is 5.92 Å². The minimum atomic E-state index is -0.0177. The van der Waals surface area contributed by atoms with Crippen molar-refractivity contribution in [2.45, 2.75) is 25.7 Å². The van der Waals surface area contributed by atoms with Gasteiger partial charge in [-0.05, 0) is 31.4 Å². The molecule has 3 saturated heterocycles. The third-order valence-electron chi connectivity index (χ3n) is 6.31. The van der Waals surface area contributed by atoms with Crippen molar-refractivity contribution in [3.05, 3.63) is 24.4 Å². The van der Waals surface area contributed by atoms with Gasteiger partial charge in [0, 0.05) is 58.4 Å². The van der Waals surface area contributed by atoms with Gasteiger partial charge in [-0.1, -0.05) is 17.4 Å². The lowest BCUT2D eigenvalue weighted by Gasteiger charge is -2.39. The summed E-state index contributed by atoms with van der Waals surface area (Å²) >= 11 is 1.46. The second-order valence-corrected chi connectivity index (χ2v) is 9.24. The number of hydrogen-bond acceptors (Lipinski definition) is 8. The SMILES string of the molecule is O=C([C@@H]1CCCN(c2nnc(N3CCCC3=O)s2)C1)N1CCN(c2ccccn2)CC1. The highest BCUT2D eigenvalue weighted by Crippen LogP contribution is 2.32. The zero-order valence-corrected chi connectivity index (χ0v) is 18.3. The Bertz CT molecular complexity index is 929. The summed E-state index contributed by atoms with van der Waals surface area (Å²) in [4.78, 5) is 37.7. The molecule has 3 fully saturated rings. The smallest absolute Gasteiger partial charge is 0.228 e. The number of nitrogens with zero attached hydrogens (tertiary/aromatic N) is 7. The van der Waals surface area contributed by atoms with E-state index in [4.69, 9.17) is 0 Å². The van der Waals surface area contributed by atoms with Gasteiger partial charge >= 0.3 is 0 Å². The van der Waals surface area contributed by atoms with Gasteiger partial charge in [0.2, 0.25) is 22.1 Å². The Morgan fingerprint density at radius 2 is 1.81 bits per heavy atom. The predicted molar refractivity (Wildman–Crippen MR) is 119 cm³/mol. The Morgan fingerprint density at radius 1 is 0.968 bits per heavy atom. The number of hydrogen-bond donors (Lipinski definition) is 0. The van der Waals surface area contributed by atoms with E-state index in [1.807, 2.05) is 29.3 Å². The molecule has 0 radical (unpaired) electrons. The van der Waals surface area contributed by atoms with E-state index in [1.165, 1.54) is 11.3 Å². The van der Waals surface area contributed by atoms with Crippen LogP contribution in [0, 0.1) is 5.92 Å². The minimum Gasteiger partial charge on any atom is -0.353 e. The Balaban J connectivity index is 1.18. The molecule has 1 atom stereocenters. The number of piperazine rings is 1. The topological polar surface area (TPSA) is 85.8 Å². The molecule has 2 aromatic heterocycles. The van der Waals surface area contributed by atoms with Crippen molar-refractivity contribution in [3.63, 3.8) is 0 Å². The molecular weight excluding hydrogens is 414 g/mol. The van der Waals surface area contributed by atoms with Crippen molar-refractivity contribution in [3.8, 4) is 0 Å². The van der Waals surface area contributed by atoms with Gasteiger partial charge in [-0.2, -0.15) is 0 Å². The van der Waals surface area contributed by atoms with Crippen molar-refractivity contribution < 1.29 is 9.59 Å². The number of carbonyl (C=O) groups is 2. The average molecular weight is 442 g/mol. The normalized spacial score (nSPS) is 22.3. The molecule has 0 aromatic carbocycles. The van der Waals surface area contributed by atoms with E-state index in [0.29, 0.717) is 18.1 Å². The zero-order valence-electron chi connectivity index (χ0n) is 17.5. The van der Waals surface area contributed by atoms with Crippen LogP contribution >= 0.6 is 11.3 Å². The predicted octanol–water partition coefficient (Wildman–Crippen LogP) is 1.63. The number of anilines is 3. The number of amides is 2. The van der Waals surface area contributed by atoms with Crippen molar-refractivity contribution in [1.82, 2.24) is 20.1 Å². The first-order valence-electron chi connectivity index (χ1n) is 11.0. The first kappa shape index (κ1) is 20.2. The van der Waals surface area contributed by atoms with Gasteiger partial charge in [-0.15, -0.1) is 10.2 Å². The first-order valence-corrected chi connectivity index (χ1v) is 11.8. The number of rotatable bonds is 4. The lowest BCUT2D eigenvalue weighted by molar-refractivity contribution is -0.136. The Hall–Kier alpha value is -2.75. The van der Waals surface area contributed by atoms with Crippen LogP contribution in [0.2, 0.25) is 0 Å².